The lowest BCUT2D eigenvalue weighted by molar-refractivity contribution is -0.383. The molecule has 0 aliphatic heterocycles. The summed E-state index contributed by atoms with van der Waals surface area (Å²) in [6.45, 7) is 2.44. The highest BCUT2D eigenvalue weighted by atomic mass is 16.6. The van der Waals surface area contributed by atoms with Gasteiger partial charge in [0.2, 0.25) is 0 Å². The summed E-state index contributed by atoms with van der Waals surface area (Å²) in [6, 6.07) is 4.20. The Kier molecular flexibility index (Phi) is 5.92. The number of carbonyl (C=O) groups is 1. The van der Waals surface area contributed by atoms with E-state index in [-0.39, 0.29) is 17.6 Å². The van der Waals surface area contributed by atoms with Crippen molar-refractivity contribution >= 4 is 17.3 Å². The molecule has 0 aromatic heterocycles. The average molecular weight is 281 g/mol. The molecule has 1 aromatic rings. The first kappa shape index (κ1) is 15.9. The third-order valence-corrected chi connectivity index (χ3v) is 2.86. The Balaban J connectivity index is 2.81. The third kappa shape index (κ3) is 4.20. The van der Waals surface area contributed by atoms with E-state index >= 15 is 0 Å². The summed E-state index contributed by atoms with van der Waals surface area (Å²) in [5.41, 5.74) is 0.632. The van der Waals surface area contributed by atoms with Crippen LogP contribution in [0.2, 0.25) is 0 Å². The molecule has 0 aliphatic carbocycles. The smallest absolute Gasteiger partial charge is 0.292 e. The number of nitrogens with zero attached hydrogens (tertiary/aromatic N) is 1. The summed E-state index contributed by atoms with van der Waals surface area (Å²) in [5.74, 6) is -0.264. The molecule has 7 nitrogen and oxygen atoms in total. The molecule has 1 amide bonds. The Hall–Kier alpha value is -2.15. The Morgan fingerprint density at radius 3 is 2.75 bits per heavy atom. The first-order valence-electron chi connectivity index (χ1n) is 6.25. The quantitative estimate of drug-likeness (QED) is 0.587. The largest absolute Gasteiger partial charge is 0.385 e. The van der Waals surface area contributed by atoms with Crippen molar-refractivity contribution in [3.63, 3.8) is 0 Å². The Bertz CT molecular complexity index is 491. The molecule has 0 radical (unpaired) electrons. The van der Waals surface area contributed by atoms with Gasteiger partial charge in [-0.3, -0.25) is 14.9 Å². The number of nitrogens with one attached hydrogen (secondary N) is 2. The van der Waals surface area contributed by atoms with E-state index in [1.165, 1.54) is 18.2 Å². The molecular weight excluding hydrogens is 262 g/mol. The molecule has 110 valence electrons. The zero-order valence-electron chi connectivity index (χ0n) is 11.8. The van der Waals surface area contributed by atoms with Gasteiger partial charge in [0.15, 0.2) is 0 Å². The Labute approximate surface area is 117 Å². The van der Waals surface area contributed by atoms with Crippen LogP contribution in [0.25, 0.3) is 0 Å². The van der Waals surface area contributed by atoms with Gasteiger partial charge in [-0.25, -0.2) is 0 Å². The van der Waals surface area contributed by atoms with E-state index in [4.69, 9.17) is 4.74 Å². The van der Waals surface area contributed by atoms with Gasteiger partial charge in [-0.05, 0) is 25.5 Å². The van der Waals surface area contributed by atoms with Gasteiger partial charge in [0.25, 0.3) is 11.6 Å². The van der Waals surface area contributed by atoms with E-state index in [1.807, 2.05) is 6.92 Å². The molecule has 0 saturated carbocycles. The van der Waals surface area contributed by atoms with Crippen LogP contribution in [0.3, 0.4) is 0 Å². The maximum Gasteiger partial charge on any atom is 0.292 e. The molecule has 1 rings (SSSR count). The van der Waals surface area contributed by atoms with Crippen LogP contribution >= 0.6 is 0 Å². The lowest BCUT2D eigenvalue weighted by atomic mass is 10.1. The van der Waals surface area contributed by atoms with E-state index in [2.05, 4.69) is 10.6 Å². The van der Waals surface area contributed by atoms with E-state index < -0.39 is 4.92 Å². The van der Waals surface area contributed by atoms with Crippen molar-refractivity contribution in [3.8, 4) is 0 Å². The monoisotopic (exact) mass is 281 g/mol. The minimum atomic E-state index is -0.491. The van der Waals surface area contributed by atoms with Crippen LogP contribution in [0.4, 0.5) is 11.4 Å². The summed E-state index contributed by atoms with van der Waals surface area (Å²) < 4.78 is 4.94. The summed E-state index contributed by atoms with van der Waals surface area (Å²) in [4.78, 5) is 22.3. The first-order chi connectivity index (χ1) is 9.49. The van der Waals surface area contributed by atoms with Crippen molar-refractivity contribution in [2.75, 3.05) is 26.1 Å². The minimum absolute atomic E-state index is 0.0318. The fourth-order valence-corrected chi connectivity index (χ4v) is 1.71. The summed E-state index contributed by atoms with van der Waals surface area (Å²) in [5, 5.41) is 16.3. The zero-order chi connectivity index (χ0) is 15.1. The highest BCUT2D eigenvalue weighted by Gasteiger charge is 2.16. The number of carbonyl (C=O) groups excluding carboxylic acids is 1. The van der Waals surface area contributed by atoms with Crippen LogP contribution in [0, 0.1) is 10.1 Å². The number of methoxy groups -OCH3 is 1. The van der Waals surface area contributed by atoms with Crippen molar-refractivity contribution in [1.29, 1.82) is 0 Å². The number of amides is 1. The van der Waals surface area contributed by atoms with Crippen LogP contribution in [-0.2, 0) is 4.74 Å². The molecule has 2 N–H and O–H groups in total. The lowest BCUT2D eigenvalue weighted by Gasteiger charge is -2.13. The van der Waals surface area contributed by atoms with Crippen molar-refractivity contribution in [3.05, 3.63) is 33.9 Å². The van der Waals surface area contributed by atoms with Crippen LogP contribution < -0.4 is 10.6 Å². The first-order valence-corrected chi connectivity index (χ1v) is 6.25. The molecule has 0 fully saturated rings. The van der Waals surface area contributed by atoms with Crippen LogP contribution in [0.5, 0.6) is 0 Å². The predicted molar refractivity (Wildman–Crippen MR) is 76.1 cm³/mol. The van der Waals surface area contributed by atoms with Gasteiger partial charge >= 0.3 is 0 Å². The molecule has 7 heteroatoms. The zero-order valence-corrected chi connectivity index (χ0v) is 11.8. The second kappa shape index (κ2) is 7.44. The highest BCUT2D eigenvalue weighted by Crippen LogP contribution is 2.24. The summed E-state index contributed by atoms with van der Waals surface area (Å²) in [6.07, 6.45) is 0.702. The van der Waals surface area contributed by atoms with Crippen LogP contribution in [0.1, 0.15) is 23.7 Å². The second-order valence-electron chi connectivity index (χ2n) is 4.40. The molecule has 0 bridgehead atoms. The maximum atomic E-state index is 12.0. The number of hydrogen-bond donors (Lipinski definition) is 2. The SMILES string of the molecule is CNc1cc(C(=O)NC(C)CCOC)ccc1[N+](=O)[O-]. The van der Waals surface area contributed by atoms with Gasteiger partial charge in [-0.15, -0.1) is 0 Å². The van der Waals surface area contributed by atoms with Gasteiger partial charge in [0.05, 0.1) is 4.92 Å². The third-order valence-electron chi connectivity index (χ3n) is 2.86. The maximum absolute atomic E-state index is 12.0. The van der Waals surface area contributed by atoms with Gasteiger partial charge < -0.3 is 15.4 Å². The fourth-order valence-electron chi connectivity index (χ4n) is 1.71. The number of anilines is 1. The van der Waals surface area contributed by atoms with E-state index in [0.29, 0.717) is 24.3 Å². The second-order valence-corrected chi connectivity index (χ2v) is 4.40. The number of benzene rings is 1. The predicted octanol–water partition coefficient (Wildman–Crippen LogP) is 1.79. The van der Waals surface area contributed by atoms with E-state index in [9.17, 15) is 14.9 Å². The summed E-state index contributed by atoms with van der Waals surface area (Å²) in [7, 11) is 3.18. The highest BCUT2D eigenvalue weighted by molar-refractivity contribution is 5.96. The lowest BCUT2D eigenvalue weighted by Crippen LogP contribution is -2.33. The van der Waals surface area contributed by atoms with Gasteiger partial charge in [0.1, 0.15) is 5.69 Å². The van der Waals surface area contributed by atoms with Crippen molar-refractivity contribution in [2.45, 2.75) is 19.4 Å². The van der Waals surface area contributed by atoms with Crippen molar-refractivity contribution < 1.29 is 14.5 Å². The fraction of sp³-hybridized carbons (Fsp3) is 0.462. The Morgan fingerprint density at radius 1 is 1.50 bits per heavy atom. The van der Waals surface area contributed by atoms with Crippen LogP contribution in [-0.4, -0.2) is 37.6 Å². The molecular formula is C13H19N3O4. The molecule has 1 unspecified atom stereocenters. The molecule has 1 atom stereocenters. The van der Waals surface area contributed by atoms with Crippen LogP contribution in [0.15, 0.2) is 18.2 Å². The molecule has 20 heavy (non-hydrogen) atoms. The average Bonchev–Trinajstić information content (AvgIpc) is 2.44. The standard InChI is InChI=1S/C13H19N3O4/c1-9(6-7-20-3)15-13(17)10-4-5-12(16(18)19)11(8-10)14-2/h4-5,8-9,14H,6-7H2,1-3H3,(H,15,17). The number of nitro benzene ring substituents is 1. The molecule has 0 saturated heterocycles. The topological polar surface area (TPSA) is 93.5 Å². The van der Waals surface area contributed by atoms with Crippen molar-refractivity contribution in [1.82, 2.24) is 5.32 Å². The van der Waals surface area contributed by atoms with Crippen molar-refractivity contribution in [2.24, 2.45) is 0 Å². The molecule has 0 aliphatic rings. The summed E-state index contributed by atoms with van der Waals surface area (Å²) >= 11 is 0. The number of rotatable bonds is 7. The number of nitro groups is 1. The van der Waals surface area contributed by atoms with Gasteiger partial charge in [-0.2, -0.15) is 0 Å². The normalized spacial score (nSPS) is 11.8. The minimum Gasteiger partial charge on any atom is -0.385 e. The molecule has 0 spiro atoms. The van der Waals surface area contributed by atoms with Gasteiger partial charge in [0, 0.05) is 38.4 Å². The van der Waals surface area contributed by atoms with Gasteiger partial charge in [-0.1, -0.05) is 0 Å². The van der Waals surface area contributed by atoms with E-state index in [0.717, 1.165) is 0 Å². The molecule has 0 heterocycles. The van der Waals surface area contributed by atoms with E-state index in [1.54, 1.807) is 14.2 Å². The molecule has 1 aromatic carbocycles. The number of hydrogen-bond acceptors (Lipinski definition) is 5. The number of ether oxygens (including phenoxy) is 1. The Morgan fingerprint density at radius 2 is 2.20 bits per heavy atom.